The fourth-order valence-corrected chi connectivity index (χ4v) is 2.56. The van der Waals surface area contributed by atoms with E-state index in [0.29, 0.717) is 0 Å². The molecule has 1 rings (SSSR count). The number of halogens is 3. The number of benzene rings is 1. The van der Waals surface area contributed by atoms with E-state index in [0.717, 1.165) is 0 Å². The van der Waals surface area contributed by atoms with Gasteiger partial charge < -0.3 is 5.11 Å². The third-order valence-electron chi connectivity index (χ3n) is 2.07. The molecule has 102 valence electrons. The van der Waals surface area contributed by atoms with Gasteiger partial charge in [0, 0.05) is 0 Å². The van der Waals surface area contributed by atoms with E-state index in [1.165, 1.54) is 24.3 Å². The number of nitrogens with one attached hydrogen (secondary N) is 1. The van der Waals surface area contributed by atoms with Crippen LogP contribution in [-0.2, 0) is 10.0 Å². The smallest absolute Gasteiger partial charge is 0.390 e. The Morgan fingerprint density at radius 2 is 1.78 bits per heavy atom. The Balaban J connectivity index is 2.82. The van der Waals surface area contributed by atoms with Crippen LogP contribution in [0.5, 0.6) is 0 Å². The first kappa shape index (κ1) is 14.9. The van der Waals surface area contributed by atoms with Gasteiger partial charge in [0.05, 0.1) is 24.0 Å². The Labute approximate surface area is 102 Å². The Morgan fingerprint density at radius 1 is 1.22 bits per heavy atom. The van der Waals surface area contributed by atoms with Crippen molar-refractivity contribution in [3.05, 3.63) is 30.3 Å². The van der Waals surface area contributed by atoms with Crippen LogP contribution in [0.3, 0.4) is 0 Å². The molecule has 4 nitrogen and oxygen atoms in total. The predicted octanol–water partition coefficient (Wildman–Crippen LogP) is 1.28. The number of hydrogen-bond acceptors (Lipinski definition) is 3. The van der Waals surface area contributed by atoms with Crippen LogP contribution >= 0.6 is 0 Å². The zero-order chi connectivity index (χ0) is 13.8. The average Bonchev–Trinajstić information content (AvgIpc) is 2.27. The first-order valence-corrected chi connectivity index (χ1v) is 6.48. The molecule has 18 heavy (non-hydrogen) atoms. The minimum Gasteiger partial charge on any atom is -0.395 e. The summed E-state index contributed by atoms with van der Waals surface area (Å²) in [6, 6.07) is 5.40. The Kier molecular flexibility index (Phi) is 4.71. The van der Waals surface area contributed by atoms with Crippen LogP contribution in [0, 0.1) is 0 Å². The normalized spacial score (nSPS) is 14.4. The minimum absolute atomic E-state index is 0.148. The summed E-state index contributed by atoms with van der Waals surface area (Å²) >= 11 is 0. The number of aliphatic hydroxyl groups is 1. The maximum atomic E-state index is 12.1. The zero-order valence-corrected chi connectivity index (χ0v) is 10.0. The molecule has 2 N–H and O–H groups in total. The highest BCUT2D eigenvalue weighted by Crippen LogP contribution is 2.22. The molecule has 0 fully saturated rings. The molecule has 1 aromatic carbocycles. The predicted molar refractivity (Wildman–Crippen MR) is 58.3 cm³/mol. The van der Waals surface area contributed by atoms with E-state index >= 15 is 0 Å². The van der Waals surface area contributed by atoms with Crippen molar-refractivity contribution >= 4 is 10.0 Å². The van der Waals surface area contributed by atoms with Crippen LogP contribution in [0.15, 0.2) is 35.2 Å². The molecule has 0 saturated heterocycles. The molecular weight excluding hydrogens is 271 g/mol. The average molecular weight is 283 g/mol. The summed E-state index contributed by atoms with van der Waals surface area (Å²) in [5.41, 5.74) is 0. The van der Waals surface area contributed by atoms with Crippen LogP contribution in [0.1, 0.15) is 6.42 Å². The molecular formula is C10H12F3NO3S. The van der Waals surface area contributed by atoms with E-state index in [1.54, 1.807) is 6.07 Å². The van der Waals surface area contributed by atoms with Crippen molar-refractivity contribution in [3.8, 4) is 0 Å². The maximum absolute atomic E-state index is 12.1. The third-order valence-corrected chi connectivity index (χ3v) is 3.61. The van der Waals surface area contributed by atoms with Crippen molar-refractivity contribution < 1.29 is 26.7 Å². The van der Waals surface area contributed by atoms with Crippen LogP contribution in [0.2, 0.25) is 0 Å². The van der Waals surface area contributed by atoms with Gasteiger partial charge in [-0.1, -0.05) is 18.2 Å². The summed E-state index contributed by atoms with van der Waals surface area (Å²) in [5, 5.41) is 8.77. The van der Waals surface area contributed by atoms with Crippen LogP contribution in [0.25, 0.3) is 0 Å². The summed E-state index contributed by atoms with van der Waals surface area (Å²) in [7, 11) is -4.05. The highest BCUT2D eigenvalue weighted by atomic mass is 32.2. The second-order valence-electron chi connectivity index (χ2n) is 3.63. The minimum atomic E-state index is -4.55. The maximum Gasteiger partial charge on any atom is 0.390 e. The van der Waals surface area contributed by atoms with Crippen LogP contribution in [0.4, 0.5) is 13.2 Å². The largest absolute Gasteiger partial charge is 0.395 e. The zero-order valence-electron chi connectivity index (χ0n) is 9.18. The lowest BCUT2D eigenvalue weighted by Gasteiger charge is -2.17. The first-order valence-electron chi connectivity index (χ1n) is 4.99. The number of alkyl halides is 3. The first-order chi connectivity index (χ1) is 8.24. The van der Waals surface area contributed by atoms with Crippen molar-refractivity contribution in [2.75, 3.05) is 6.61 Å². The van der Waals surface area contributed by atoms with E-state index in [1.807, 2.05) is 4.72 Å². The molecule has 1 atom stereocenters. The van der Waals surface area contributed by atoms with Gasteiger partial charge in [0.25, 0.3) is 0 Å². The highest BCUT2D eigenvalue weighted by molar-refractivity contribution is 7.89. The molecule has 0 aliphatic rings. The van der Waals surface area contributed by atoms with Crippen LogP contribution in [-0.4, -0.2) is 32.3 Å². The van der Waals surface area contributed by atoms with Gasteiger partial charge in [0.2, 0.25) is 10.0 Å². The van der Waals surface area contributed by atoms with Gasteiger partial charge in [-0.3, -0.25) is 0 Å². The van der Waals surface area contributed by atoms with Crippen molar-refractivity contribution in [3.63, 3.8) is 0 Å². The lowest BCUT2D eigenvalue weighted by molar-refractivity contribution is -0.140. The standard InChI is InChI=1S/C10H12F3NO3S/c11-10(12,13)6-8(7-15)14-18(16,17)9-4-2-1-3-5-9/h1-5,8,14-15H,6-7H2. The molecule has 0 saturated carbocycles. The van der Waals surface area contributed by atoms with E-state index in [9.17, 15) is 21.6 Å². The van der Waals surface area contributed by atoms with Gasteiger partial charge in [0.1, 0.15) is 0 Å². The molecule has 8 heteroatoms. The topological polar surface area (TPSA) is 66.4 Å². The Hall–Kier alpha value is -1.12. The van der Waals surface area contributed by atoms with Gasteiger partial charge in [-0.05, 0) is 12.1 Å². The molecule has 0 amide bonds. The fraction of sp³-hybridized carbons (Fsp3) is 0.400. The molecule has 0 aliphatic heterocycles. The highest BCUT2D eigenvalue weighted by Gasteiger charge is 2.33. The van der Waals surface area contributed by atoms with E-state index in [4.69, 9.17) is 5.11 Å². The van der Waals surface area contributed by atoms with Crippen molar-refractivity contribution in [1.29, 1.82) is 0 Å². The van der Waals surface area contributed by atoms with E-state index < -0.39 is 35.3 Å². The molecule has 0 aliphatic carbocycles. The molecule has 0 bridgehead atoms. The monoisotopic (exact) mass is 283 g/mol. The van der Waals surface area contributed by atoms with Gasteiger partial charge in [-0.2, -0.15) is 13.2 Å². The summed E-state index contributed by atoms with van der Waals surface area (Å²) in [4.78, 5) is -0.148. The summed E-state index contributed by atoms with van der Waals surface area (Å²) in [6.07, 6.45) is -5.97. The molecule has 0 aromatic heterocycles. The number of aliphatic hydroxyl groups excluding tert-OH is 1. The lowest BCUT2D eigenvalue weighted by Crippen LogP contribution is -2.40. The third kappa shape index (κ3) is 4.63. The summed E-state index contributed by atoms with van der Waals surface area (Å²) in [5.74, 6) is 0. The molecule has 1 unspecified atom stereocenters. The summed E-state index contributed by atoms with van der Waals surface area (Å²) < 4.78 is 61.6. The van der Waals surface area contributed by atoms with E-state index in [-0.39, 0.29) is 4.90 Å². The molecule has 0 radical (unpaired) electrons. The van der Waals surface area contributed by atoms with Crippen molar-refractivity contribution in [2.24, 2.45) is 0 Å². The molecule has 0 spiro atoms. The Bertz CT molecular complexity index is 473. The number of rotatable bonds is 5. The fourth-order valence-electron chi connectivity index (χ4n) is 1.31. The van der Waals surface area contributed by atoms with Gasteiger partial charge >= 0.3 is 6.18 Å². The second-order valence-corrected chi connectivity index (χ2v) is 5.35. The quantitative estimate of drug-likeness (QED) is 0.855. The van der Waals surface area contributed by atoms with Crippen LogP contribution < -0.4 is 4.72 Å². The molecule has 1 aromatic rings. The number of hydrogen-bond donors (Lipinski definition) is 2. The Morgan fingerprint density at radius 3 is 2.22 bits per heavy atom. The van der Waals surface area contributed by atoms with Gasteiger partial charge in [-0.15, -0.1) is 0 Å². The van der Waals surface area contributed by atoms with Crippen molar-refractivity contribution in [1.82, 2.24) is 4.72 Å². The summed E-state index contributed by atoms with van der Waals surface area (Å²) in [6.45, 7) is -0.925. The van der Waals surface area contributed by atoms with E-state index in [2.05, 4.69) is 0 Å². The second kappa shape index (κ2) is 5.68. The van der Waals surface area contributed by atoms with Crippen molar-refractivity contribution in [2.45, 2.75) is 23.5 Å². The SMILES string of the molecule is O=S(=O)(NC(CO)CC(F)(F)F)c1ccccc1. The van der Waals surface area contributed by atoms with Gasteiger partial charge in [0.15, 0.2) is 0 Å². The van der Waals surface area contributed by atoms with Gasteiger partial charge in [-0.25, -0.2) is 13.1 Å². The molecule has 0 heterocycles. The number of sulfonamides is 1. The lowest BCUT2D eigenvalue weighted by atomic mass is 10.2.